The second-order valence-corrected chi connectivity index (χ2v) is 11.3. The van der Waals surface area contributed by atoms with E-state index in [0.717, 1.165) is 49.7 Å². The van der Waals surface area contributed by atoms with Crippen LogP contribution in [-0.4, -0.2) is 55.9 Å². The van der Waals surface area contributed by atoms with E-state index in [4.69, 9.17) is 0 Å². The van der Waals surface area contributed by atoms with Crippen LogP contribution in [0.25, 0.3) is 0 Å². The van der Waals surface area contributed by atoms with Crippen LogP contribution in [0.3, 0.4) is 0 Å². The topological polar surface area (TPSA) is 125 Å². The van der Waals surface area contributed by atoms with E-state index in [9.17, 15) is 18.0 Å². The van der Waals surface area contributed by atoms with Crippen molar-refractivity contribution in [3.8, 4) is 0 Å². The third kappa shape index (κ3) is 8.06. The molecule has 0 aliphatic carbocycles. The third-order valence-corrected chi connectivity index (χ3v) is 6.64. The minimum absolute atomic E-state index is 0.0863. The van der Waals surface area contributed by atoms with Gasteiger partial charge in [0.05, 0.1) is 19.0 Å². The highest BCUT2D eigenvalue weighted by atomic mass is 32.2. The molecule has 2 heterocycles. The van der Waals surface area contributed by atoms with Gasteiger partial charge in [0.15, 0.2) is 0 Å². The Morgan fingerprint density at radius 3 is 2.61 bits per heavy atom. The van der Waals surface area contributed by atoms with Crippen molar-refractivity contribution in [3.63, 3.8) is 0 Å². The number of carbonyl (C=O) groups is 2. The molecule has 198 valence electrons. The number of hydrogen-bond acceptors (Lipinski definition) is 6. The Morgan fingerprint density at radius 1 is 1.11 bits per heavy atom. The molecule has 0 radical (unpaired) electrons. The highest BCUT2D eigenvalue weighted by molar-refractivity contribution is 7.92. The van der Waals surface area contributed by atoms with Crippen molar-refractivity contribution in [3.05, 3.63) is 41.6 Å². The third-order valence-electron chi connectivity index (χ3n) is 6.06. The summed E-state index contributed by atoms with van der Waals surface area (Å²) >= 11 is 0. The largest absolute Gasteiger partial charge is 0.350 e. The molecule has 1 aliphatic rings. The average Bonchev–Trinajstić information content (AvgIpc) is 3.24. The lowest BCUT2D eigenvalue weighted by Gasteiger charge is -2.28. The molecule has 0 spiro atoms. The van der Waals surface area contributed by atoms with Crippen molar-refractivity contribution >= 4 is 33.3 Å². The first-order valence-corrected chi connectivity index (χ1v) is 14.5. The number of fused-ring (bicyclic) bond motifs is 1. The highest BCUT2D eigenvalue weighted by Crippen LogP contribution is 2.25. The lowest BCUT2D eigenvalue weighted by atomic mass is 10.0. The molecule has 36 heavy (non-hydrogen) atoms. The number of benzene rings is 1. The number of nitrogens with zero attached hydrogens (tertiary/aromatic N) is 3. The number of carbonyl (C=O) groups excluding carboxylic acids is 2. The summed E-state index contributed by atoms with van der Waals surface area (Å²) in [5.74, 6) is 0.0669. The van der Waals surface area contributed by atoms with E-state index >= 15 is 0 Å². The van der Waals surface area contributed by atoms with Gasteiger partial charge in [0.1, 0.15) is 5.82 Å². The number of rotatable bonds is 7. The van der Waals surface area contributed by atoms with Crippen LogP contribution in [0.5, 0.6) is 0 Å². The fourth-order valence-corrected chi connectivity index (χ4v) is 4.78. The van der Waals surface area contributed by atoms with Crippen molar-refractivity contribution in [2.45, 2.75) is 59.0 Å². The predicted molar refractivity (Wildman–Crippen MR) is 141 cm³/mol. The van der Waals surface area contributed by atoms with Gasteiger partial charge in [-0.2, -0.15) is 5.10 Å². The number of sulfonamides is 1. The quantitative estimate of drug-likeness (QED) is 0.518. The van der Waals surface area contributed by atoms with Crippen molar-refractivity contribution in [1.82, 2.24) is 20.4 Å². The van der Waals surface area contributed by atoms with Crippen molar-refractivity contribution in [2.75, 3.05) is 35.5 Å². The Bertz CT molecular complexity index is 1150. The first kappa shape index (κ1) is 27.7. The molecule has 0 unspecified atom stereocenters. The summed E-state index contributed by atoms with van der Waals surface area (Å²) in [6, 6.07) is 7.05. The van der Waals surface area contributed by atoms with Gasteiger partial charge < -0.3 is 15.5 Å². The highest BCUT2D eigenvalue weighted by Gasteiger charge is 2.22. The Labute approximate surface area is 213 Å². The molecule has 2 aromatic rings. The Balaban J connectivity index is 1.74. The Hall–Kier alpha value is -2.92. The van der Waals surface area contributed by atoms with Crippen LogP contribution >= 0.6 is 0 Å². The molecule has 11 heteroatoms. The minimum atomic E-state index is -3.43. The molecule has 1 aromatic carbocycles. The number of nitrogens with one attached hydrogen (secondary N) is 3. The zero-order chi connectivity index (χ0) is 26.1. The maximum atomic E-state index is 13.0. The maximum Gasteiger partial charge on any atom is 0.251 e. The van der Waals surface area contributed by atoms with Crippen LogP contribution in [-0.2, 0) is 27.9 Å². The van der Waals surface area contributed by atoms with E-state index in [-0.39, 0.29) is 24.3 Å². The molecular weight excluding hydrogens is 480 g/mol. The van der Waals surface area contributed by atoms with Crippen LogP contribution < -0.4 is 20.3 Å². The van der Waals surface area contributed by atoms with E-state index in [0.29, 0.717) is 31.0 Å². The van der Waals surface area contributed by atoms with E-state index in [2.05, 4.69) is 20.5 Å². The molecule has 2 amide bonds. The standard InChI is InChI=1S/C25H38N6O4S/c1-19(2)25(33)30-15-8-6-4-5-7-12-26-18-21-17-20(9-10-22(21)30)24(32)27-14-16-31-23(11-13-28-31)29-36(3,34)35/h9-11,13,17,19,26,29H,4-8,12,14-16,18H2,1-3H3,(H,27,32). The van der Waals surface area contributed by atoms with Crippen LogP contribution in [0.4, 0.5) is 11.5 Å². The number of amides is 2. The second-order valence-electron chi connectivity index (χ2n) is 9.50. The van der Waals surface area contributed by atoms with Gasteiger partial charge in [0.2, 0.25) is 15.9 Å². The van der Waals surface area contributed by atoms with Gasteiger partial charge in [-0.1, -0.05) is 33.1 Å². The summed E-state index contributed by atoms with van der Waals surface area (Å²) in [5.41, 5.74) is 2.28. The average molecular weight is 519 g/mol. The van der Waals surface area contributed by atoms with E-state index in [1.807, 2.05) is 30.9 Å². The molecular formula is C25H38N6O4S. The molecule has 3 N–H and O–H groups in total. The Morgan fingerprint density at radius 2 is 1.86 bits per heavy atom. The molecule has 0 saturated heterocycles. The van der Waals surface area contributed by atoms with Gasteiger partial charge in [0.25, 0.3) is 5.91 Å². The summed E-state index contributed by atoms with van der Waals surface area (Å²) in [6.45, 7) is 6.53. The van der Waals surface area contributed by atoms with Gasteiger partial charge in [-0.05, 0) is 43.1 Å². The fraction of sp³-hybridized carbons (Fsp3) is 0.560. The molecule has 1 aromatic heterocycles. The smallest absolute Gasteiger partial charge is 0.251 e. The second kappa shape index (κ2) is 12.9. The van der Waals surface area contributed by atoms with Gasteiger partial charge >= 0.3 is 0 Å². The number of anilines is 2. The van der Waals surface area contributed by atoms with Gasteiger partial charge in [0, 0.05) is 42.9 Å². The van der Waals surface area contributed by atoms with Crippen molar-refractivity contribution in [1.29, 1.82) is 0 Å². The van der Waals surface area contributed by atoms with Gasteiger partial charge in [-0.3, -0.25) is 14.3 Å². The minimum Gasteiger partial charge on any atom is -0.350 e. The lowest BCUT2D eigenvalue weighted by molar-refractivity contribution is -0.121. The van der Waals surface area contributed by atoms with Crippen molar-refractivity contribution < 1.29 is 18.0 Å². The summed E-state index contributed by atoms with van der Waals surface area (Å²) in [4.78, 5) is 27.8. The monoisotopic (exact) mass is 518 g/mol. The SMILES string of the molecule is CC(C)C(=O)N1CCCCCCCNCc2cc(C(=O)NCCn3nccc3NS(C)(=O)=O)ccc21. The zero-order valence-corrected chi connectivity index (χ0v) is 22.2. The van der Waals surface area contributed by atoms with Gasteiger partial charge in [-0.25, -0.2) is 13.1 Å². The summed E-state index contributed by atoms with van der Waals surface area (Å²) in [5, 5.41) is 10.4. The molecule has 0 bridgehead atoms. The normalized spacial score (nSPS) is 15.5. The molecule has 3 rings (SSSR count). The van der Waals surface area contributed by atoms with Crippen LogP contribution in [0, 0.1) is 5.92 Å². The molecule has 0 saturated carbocycles. The summed E-state index contributed by atoms with van der Waals surface area (Å²) < 4.78 is 26.9. The number of aromatic nitrogens is 2. The summed E-state index contributed by atoms with van der Waals surface area (Å²) in [6.07, 6.45) is 8.06. The van der Waals surface area contributed by atoms with E-state index < -0.39 is 10.0 Å². The fourth-order valence-electron chi connectivity index (χ4n) is 4.23. The molecule has 0 fully saturated rings. The first-order chi connectivity index (χ1) is 17.2. The van der Waals surface area contributed by atoms with Crippen LogP contribution in [0.1, 0.15) is 61.9 Å². The summed E-state index contributed by atoms with van der Waals surface area (Å²) in [7, 11) is -3.43. The van der Waals surface area contributed by atoms with Crippen LogP contribution in [0.15, 0.2) is 30.5 Å². The van der Waals surface area contributed by atoms with Crippen LogP contribution in [0.2, 0.25) is 0 Å². The van der Waals surface area contributed by atoms with Crippen molar-refractivity contribution in [2.24, 2.45) is 5.92 Å². The van der Waals surface area contributed by atoms with E-state index in [1.54, 1.807) is 12.1 Å². The Kier molecular flexibility index (Phi) is 9.89. The lowest BCUT2D eigenvalue weighted by Crippen LogP contribution is -2.36. The van der Waals surface area contributed by atoms with E-state index in [1.165, 1.54) is 17.3 Å². The first-order valence-electron chi connectivity index (χ1n) is 12.6. The maximum absolute atomic E-state index is 13.0. The molecule has 1 aliphatic heterocycles. The molecule has 10 nitrogen and oxygen atoms in total. The zero-order valence-electron chi connectivity index (χ0n) is 21.4. The number of hydrogen-bond donors (Lipinski definition) is 3. The predicted octanol–water partition coefficient (Wildman–Crippen LogP) is 2.73. The molecule has 0 atom stereocenters. The van der Waals surface area contributed by atoms with Gasteiger partial charge in [-0.15, -0.1) is 0 Å².